The van der Waals surface area contributed by atoms with E-state index in [-0.39, 0.29) is 19.3 Å². The Morgan fingerprint density at radius 3 is 2.59 bits per heavy atom. The van der Waals surface area contributed by atoms with Crippen molar-refractivity contribution >= 4 is 0 Å². The maximum atomic E-state index is 13.7. The van der Waals surface area contributed by atoms with Crippen LogP contribution in [0.3, 0.4) is 0 Å². The van der Waals surface area contributed by atoms with Gasteiger partial charge in [-0.2, -0.15) is 0 Å². The van der Waals surface area contributed by atoms with E-state index < -0.39 is 17.7 Å². The molecule has 0 bridgehead atoms. The quantitative estimate of drug-likeness (QED) is 0.718. The number of hydrogen-bond donors (Lipinski definition) is 1. The molecule has 0 amide bonds. The number of methoxy groups -OCH3 is 1. The minimum atomic E-state index is -0.678. The molecule has 1 rings (SSSR count). The number of rotatable bonds is 10. The van der Waals surface area contributed by atoms with E-state index in [9.17, 15) is 13.9 Å². The Kier molecular flexibility index (Phi) is 8.48. The van der Waals surface area contributed by atoms with Crippen molar-refractivity contribution in [1.29, 1.82) is 0 Å². The van der Waals surface area contributed by atoms with Crippen LogP contribution in [0.1, 0.15) is 19.4 Å². The minimum absolute atomic E-state index is 0.0385. The van der Waals surface area contributed by atoms with Crippen molar-refractivity contribution in [3.05, 3.63) is 35.4 Å². The van der Waals surface area contributed by atoms with Gasteiger partial charge in [0.15, 0.2) is 0 Å². The summed E-state index contributed by atoms with van der Waals surface area (Å²) in [6.07, 6.45) is -0.639. The Morgan fingerprint density at radius 1 is 1.27 bits per heavy atom. The lowest BCUT2D eigenvalue weighted by molar-refractivity contribution is -0.0122. The summed E-state index contributed by atoms with van der Waals surface area (Å²) >= 11 is 0. The average Bonchev–Trinajstić information content (AvgIpc) is 2.45. The first-order valence-electron chi connectivity index (χ1n) is 7.37. The van der Waals surface area contributed by atoms with Gasteiger partial charge < -0.3 is 14.6 Å². The molecule has 0 aromatic heterocycles. The van der Waals surface area contributed by atoms with E-state index in [4.69, 9.17) is 9.47 Å². The molecule has 1 N–H and O–H groups in total. The minimum Gasteiger partial charge on any atom is -0.389 e. The van der Waals surface area contributed by atoms with Crippen LogP contribution in [0.15, 0.2) is 18.2 Å². The van der Waals surface area contributed by atoms with Gasteiger partial charge >= 0.3 is 0 Å². The van der Waals surface area contributed by atoms with Crippen LogP contribution in [0, 0.1) is 11.6 Å². The summed E-state index contributed by atoms with van der Waals surface area (Å²) in [5.74, 6) is -1.19. The molecule has 0 aliphatic heterocycles. The normalized spacial score (nSPS) is 13.1. The molecular weight excluding hydrogens is 292 g/mol. The highest BCUT2D eigenvalue weighted by Crippen LogP contribution is 2.12. The first kappa shape index (κ1) is 19.0. The van der Waals surface area contributed by atoms with Crippen LogP contribution < -0.4 is 0 Å². The highest BCUT2D eigenvalue weighted by Gasteiger charge is 2.15. The Bertz CT molecular complexity index is 443. The van der Waals surface area contributed by atoms with Crippen molar-refractivity contribution in [3.63, 3.8) is 0 Å². The fourth-order valence-electron chi connectivity index (χ4n) is 2.00. The standard InChI is InChI=1S/C16H25F2NO3/c1-12(2)22-11-15(20)10-19(6-7-21-3)9-13-4-5-14(17)8-16(13)18/h4-5,8,12,15,20H,6-7,9-11H2,1-3H3/t15-/m1/s1. The van der Waals surface area contributed by atoms with Crippen LogP contribution >= 0.6 is 0 Å². The molecule has 0 radical (unpaired) electrons. The summed E-state index contributed by atoms with van der Waals surface area (Å²) in [7, 11) is 1.58. The fourth-order valence-corrected chi connectivity index (χ4v) is 2.00. The smallest absolute Gasteiger partial charge is 0.130 e. The molecule has 22 heavy (non-hydrogen) atoms. The molecule has 0 aliphatic carbocycles. The van der Waals surface area contributed by atoms with E-state index in [0.717, 1.165) is 6.07 Å². The van der Waals surface area contributed by atoms with Crippen molar-refractivity contribution in [2.75, 3.05) is 33.4 Å². The predicted octanol–water partition coefficient (Wildman–Crippen LogP) is 2.20. The Morgan fingerprint density at radius 2 is 2.00 bits per heavy atom. The molecular formula is C16H25F2NO3. The van der Waals surface area contributed by atoms with Gasteiger partial charge in [-0.15, -0.1) is 0 Å². The van der Waals surface area contributed by atoms with Gasteiger partial charge in [0.25, 0.3) is 0 Å². The van der Waals surface area contributed by atoms with E-state index >= 15 is 0 Å². The molecule has 4 nitrogen and oxygen atoms in total. The van der Waals surface area contributed by atoms with Crippen LogP contribution in [0.4, 0.5) is 8.78 Å². The topological polar surface area (TPSA) is 41.9 Å². The zero-order valence-corrected chi connectivity index (χ0v) is 13.4. The van der Waals surface area contributed by atoms with Gasteiger partial charge in [-0.3, -0.25) is 4.90 Å². The van der Waals surface area contributed by atoms with E-state index in [1.807, 2.05) is 18.7 Å². The van der Waals surface area contributed by atoms with Gasteiger partial charge in [0.1, 0.15) is 11.6 Å². The number of hydrogen-bond acceptors (Lipinski definition) is 4. The molecule has 0 heterocycles. The molecule has 6 heteroatoms. The Balaban J connectivity index is 2.63. The van der Waals surface area contributed by atoms with Gasteiger partial charge in [-0.1, -0.05) is 6.07 Å². The number of benzene rings is 1. The second-order valence-electron chi connectivity index (χ2n) is 5.50. The van der Waals surface area contributed by atoms with Gasteiger partial charge in [0, 0.05) is 38.4 Å². The van der Waals surface area contributed by atoms with Crippen molar-refractivity contribution in [2.45, 2.75) is 32.6 Å². The van der Waals surface area contributed by atoms with E-state index in [1.165, 1.54) is 12.1 Å². The van der Waals surface area contributed by atoms with E-state index in [0.29, 0.717) is 25.3 Å². The predicted molar refractivity (Wildman–Crippen MR) is 80.6 cm³/mol. The molecule has 1 aromatic rings. The third-order valence-electron chi connectivity index (χ3n) is 3.11. The molecule has 0 saturated heterocycles. The number of aliphatic hydroxyl groups excluding tert-OH is 1. The van der Waals surface area contributed by atoms with Gasteiger partial charge in [-0.25, -0.2) is 8.78 Å². The van der Waals surface area contributed by atoms with Crippen molar-refractivity contribution in [2.24, 2.45) is 0 Å². The molecule has 1 atom stereocenters. The SMILES string of the molecule is COCCN(Cc1ccc(F)cc1F)C[C@@H](O)COC(C)C. The lowest BCUT2D eigenvalue weighted by atomic mass is 10.2. The van der Waals surface area contributed by atoms with Crippen LogP contribution in [0.25, 0.3) is 0 Å². The Labute approximate surface area is 130 Å². The van der Waals surface area contributed by atoms with Crippen molar-refractivity contribution in [3.8, 4) is 0 Å². The highest BCUT2D eigenvalue weighted by atomic mass is 19.1. The summed E-state index contributed by atoms with van der Waals surface area (Å²) in [6.45, 7) is 5.59. The van der Waals surface area contributed by atoms with Gasteiger partial charge in [0.05, 0.1) is 25.4 Å². The zero-order chi connectivity index (χ0) is 16.5. The average molecular weight is 317 g/mol. The molecule has 126 valence electrons. The van der Waals surface area contributed by atoms with Crippen LogP contribution in [0.2, 0.25) is 0 Å². The van der Waals surface area contributed by atoms with Crippen molar-refractivity contribution < 1.29 is 23.4 Å². The summed E-state index contributed by atoms with van der Waals surface area (Å²) in [5.41, 5.74) is 0.384. The molecule has 1 aromatic carbocycles. The maximum absolute atomic E-state index is 13.7. The zero-order valence-electron chi connectivity index (χ0n) is 13.4. The number of nitrogens with zero attached hydrogens (tertiary/aromatic N) is 1. The maximum Gasteiger partial charge on any atom is 0.130 e. The third kappa shape index (κ3) is 7.26. The van der Waals surface area contributed by atoms with Crippen LogP contribution in [-0.2, 0) is 16.0 Å². The summed E-state index contributed by atoms with van der Waals surface area (Å²) in [4.78, 5) is 1.86. The fraction of sp³-hybridized carbons (Fsp3) is 0.625. The van der Waals surface area contributed by atoms with Gasteiger partial charge in [0.2, 0.25) is 0 Å². The second kappa shape index (κ2) is 9.84. The van der Waals surface area contributed by atoms with Crippen molar-refractivity contribution in [1.82, 2.24) is 4.90 Å². The number of aliphatic hydroxyl groups is 1. The van der Waals surface area contributed by atoms with Crippen LogP contribution in [0.5, 0.6) is 0 Å². The Hall–Kier alpha value is -1.08. The molecule has 0 spiro atoms. The van der Waals surface area contributed by atoms with Gasteiger partial charge in [-0.05, 0) is 19.9 Å². The lowest BCUT2D eigenvalue weighted by Crippen LogP contribution is -2.37. The third-order valence-corrected chi connectivity index (χ3v) is 3.11. The molecule has 0 aliphatic rings. The second-order valence-corrected chi connectivity index (χ2v) is 5.50. The molecule has 0 unspecified atom stereocenters. The largest absolute Gasteiger partial charge is 0.389 e. The van der Waals surface area contributed by atoms with Crippen LogP contribution in [-0.4, -0.2) is 55.6 Å². The summed E-state index contributed by atoms with van der Waals surface area (Å²) in [6, 6.07) is 3.51. The first-order valence-corrected chi connectivity index (χ1v) is 7.37. The number of halogens is 2. The van der Waals surface area contributed by atoms with E-state index in [1.54, 1.807) is 7.11 Å². The molecule has 0 fully saturated rings. The number of ether oxygens (including phenoxy) is 2. The highest BCUT2D eigenvalue weighted by molar-refractivity contribution is 5.18. The molecule has 0 saturated carbocycles. The summed E-state index contributed by atoms with van der Waals surface area (Å²) in [5, 5.41) is 10.00. The monoisotopic (exact) mass is 317 g/mol. The summed E-state index contributed by atoms with van der Waals surface area (Å²) < 4.78 is 37.1. The lowest BCUT2D eigenvalue weighted by Gasteiger charge is -2.25. The first-order chi connectivity index (χ1) is 10.4. The van der Waals surface area contributed by atoms with E-state index in [2.05, 4.69) is 0 Å².